The molecular weight excluding hydrogens is 272 g/mol. The Morgan fingerprint density at radius 3 is 2.25 bits per heavy atom. The maximum absolute atomic E-state index is 13.1. The number of benzene rings is 2. The number of nitrogens with one attached hydrogen (secondary N) is 1. The van der Waals surface area contributed by atoms with Gasteiger partial charge in [-0.05, 0) is 35.9 Å². The highest BCUT2D eigenvalue weighted by atomic mass is 19.4. The quantitative estimate of drug-likeness (QED) is 0.659. The van der Waals surface area contributed by atoms with E-state index >= 15 is 0 Å². The second-order valence-electron chi connectivity index (χ2n) is 4.29. The largest absolute Gasteiger partial charge is 0.419 e. The molecule has 20 heavy (non-hydrogen) atoms. The first kappa shape index (κ1) is 14.2. The fourth-order valence-electron chi connectivity index (χ4n) is 1.69. The van der Waals surface area contributed by atoms with Gasteiger partial charge in [0.1, 0.15) is 5.82 Å². The van der Waals surface area contributed by atoms with Gasteiger partial charge >= 0.3 is 6.18 Å². The lowest BCUT2D eigenvalue weighted by molar-refractivity contribution is -0.139. The summed E-state index contributed by atoms with van der Waals surface area (Å²) < 4.78 is 50.8. The van der Waals surface area contributed by atoms with Gasteiger partial charge in [0.2, 0.25) is 0 Å². The fourth-order valence-corrected chi connectivity index (χ4v) is 1.69. The van der Waals surface area contributed by atoms with E-state index in [0.717, 1.165) is 17.7 Å². The topological polar surface area (TPSA) is 38.0 Å². The van der Waals surface area contributed by atoms with Gasteiger partial charge in [-0.1, -0.05) is 12.1 Å². The number of anilines is 2. The summed E-state index contributed by atoms with van der Waals surface area (Å²) in [4.78, 5) is 0. The maximum atomic E-state index is 13.1. The predicted octanol–water partition coefficient (Wildman–Crippen LogP) is 4.04. The van der Waals surface area contributed by atoms with Crippen molar-refractivity contribution >= 4 is 11.4 Å². The summed E-state index contributed by atoms with van der Waals surface area (Å²) in [7, 11) is 0. The van der Waals surface area contributed by atoms with Crippen molar-refractivity contribution in [3.8, 4) is 0 Å². The Bertz CT molecular complexity index is 591. The van der Waals surface area contributed by atoms with Crippen molar-refractivity contribution in [3.05, 3.63) is 59.4 Å². The van der Waals surface area contributed by atoms with Crippen LogP contribution < -0.4 is 11.1 Å². The highest BCUT2D eigenvalue weighted by molar-refractivity contribution is 5.48. The molecule has 2 nitrogen and oxygen atoms in total. The maximum Gasteiger partial charge on any atom is 0.419 e. The van der Waals surface area contributed by atoms with Crippen LogP contribution in [0.4, 0.5) is 28.9 Å². The van der Waals surface area contributed by atoms with E-state index in [4.69, 9.17) is 5.73 Å². The van der Waals surface area contributed by atoms with Crippen molar-refractivity contribution in [1.29, 1.82) is 0 Å². The van der Waals surface area contributed by atoms with Crippen LogP contribution in [0.3, 0.4) is 0 Å². The van der Waals surface area contributed by atoms with Gasteiger partial charge in [-0.3, -0.25) is 0 Å². The fraction of sp³-hybridized carbons (Fsp3) is 0.143. The molecule has 2 rings (SSSR count). The molecule has 0 saturated carbocycles. The molecule has 0 unspecified atom stereocenters. The summed E-state index contributed by atoms with van der Waals surface area (Å²) in [6.45, 7) is 0.323. The normalized spacial score (nSPS) is 11.4. The van der Waals surface area contributed by atoms with Gasteiger partial charge in [0.15, 0.2) is 0 Å². The Morgan fingerprint density at radius 2 is 1.65 bits per heavy atom. The average Bonchev–Trinajstić information content (AvgIpc) is 2.38. The van der Waals surface area contributed by atoms with Crippen LogP contribution in [-0.2, 0) is 12.7 Å². The molecule has 6 heteroatoms. The summed E-state index contributed by atoms with van der Waals surface area (Å²) in [6, 6.07) is 9.74. The second kappa shape index (κ2) is 5.40. The molecule has 0 heterocycles. The van der Waals surface area contributed by atoms with E-state index in [1.165, 1.54) is 6.07 Å². The van der Waals surface area contributed by atoms with Crippen molar-refractivity contribution < 1.29 is 17.6 Å². The molecule has 0 saturated heterocycles. The summed E-state index contributed by atoms with van der Waals surface area (Å²) >= 11 is 0. The number of alkyl halides is 3. The zero-order chi connectivity index (χ0) is 14.8. The third kappa shape index (κ3) is 3.40. The molecule has 3 N–H and O–H groups in total. The minimum absolute atomic E-state index is 0.204. The molecule has 106 valence electrons. The molecule has 0 amide bonds. The van der Waals surface area contributed by atoms with E-state index in [0.29, 0.717) is 12.2 Å². The van der Waals surface area contributed by atoms with Gasteiger partial charge in [0.25, 0.3) is 0 Å². The van der Waals surface area contributed by atoms with E-state index in [-0.39, 0.29) is 5.69 Å². The second-order valence-corrected chi connectivity index (χ2v) is 4.29. The molecule has 2 aromatic carbocycles. The standard InChI is InChI=1S/C14H12F4N2/c15-13-6-5-11(7-12(13)14(16,17)18)20-8-9-1-3-10(19)4-2-9/h1-7,20H,8,19H2. The Hall–Kier alpha value is -2.24. The number of nitrogen functional groups attached to an aromatic ring is 1. The van der Waals surface area contributed by atoms with Crippen LogP contribution in [0, 0.1) is 5.82 Å². The zero-order valence-corrected chi connectivity index (χ0v) is 10.3. The minimum atomic E-state index is -4.71. The van der Waals surface area contributed by atoms with Gasteiger partial charge in [-0.15, -0.1) is 0 Å². The molecular formula is C14H12F4N2. The highest BCUT2D eigenvalue weighted by Gasteiger charge is 2.34. The molecule has 0 aliphatic heterocycles. The third-order valence-electron chi connectivity index (χ3n) is 2.75. The molecule has 0 aromatic heterocycles. The number of halogens is 4. The van der Waals surface area contributed by atoms with Crippen LogP contribution in [0.1, 0.15) is 11.1 Å². The van der Waals surface area contributed by atoms with Crippen LogP contribution in [0.25, 0.3) is 0 Å². The third-order valence-corrected chi connectivity index (χ3v) is 2.75. The number of rotatable bonds is 3. The molecule has 0 atom stereocenters. The SMILES string of the molecule is Nc1ccc(CNc2ccc(F)c(C(F)(F)F)c2)cc1. The lowest BCUT2D eigenvalue weighted by atomic mass is 10.1. The summed E-state index contributed by atoms with van der Waals surface area (Å²) in [5.41, 5.74) is 5.92. The van der Waals surface area contributed by atoms with Crippen molar-refractivity contribution in [2.45, 2.75) is 12.7 Å². The van der Waals surface area contributed by atoms with Crippen LogP contribution >= 0.6 is 0 Å². The van der Waals surface area contributed by atoms with E-state index in [2.05, 4.69) is 5.32 Å². The lowest BCUT2D eigenvalue weighted by Crippen LogP contribution is -2.09. The van der Waals surface area contributed by atoms with Crippen LogP contribution in [-0.4, -0.2) is 0 Å². The molecule has 0 aliphatic rings. The Labute approximate surface area is 113 Å². The molecule has 2 aromatic rings. The summed E-state index contributed by atoms with van der Waals surface area (Å²) in [5, 5.41) is 2.81. The van der Waals surface area contributed by atoms with Gasteiger partial charge in [0, 0.05) is 17.9 Å². The van der Waals surface area contributed by atoms with Crippen LogP contribution in [0.15, 0.2) is 42.5 Å². The van der Waals surface area contributed by atoms with E-state index < -0.39 is 17.6 Å². The first-order valence-electron chi connectivity index (χ1n) is 5.81. The van der Waals surface area contributed by atoms with E-state index in [1.54, 1.807) is 24.3 Å². The van der Waals surface area contributed by atoms with Gasteiger partial charge in [0.05, 0.1) is 5.56 Å². The lowest BCUT2D eigenvalue weighted by Gasteiger charge is -2.11. The van der Waals surface area contributed by atoms with Crippen molar-refractivity contribution in [1.82, 2.24) is 0 Å². The highest BCUT2D eigenvalue weighted by Crippen LogP contribution is 2.33. The van der Waals surface area contributed by atoms with Crippen LogP contribution in [0.2, 0.25) is 0 Å². The van der Waals surface area contributed by atoms with Gasteiger partial charge in [-0.25, -0.2) is 4.39 Å². The first-order chi connectivity index (χ1) is 9.36. The number of nitrogens with two attached hydrogens (primary N) is 1. The van der Waals surface area contributed by atoms with E-state index in [9.17, 15) is 17.6 Å². The van der Waals surface area contributed by atoms with E-state index in [1.807, 2.05) is 0 Å². The smallest absolute Gasteiger partial charge is 0.399 e. The number of hydrogen-bond acceptors (Lipinski definition) is 2. The zero-order valence-electron chi connectivity index (χ0n) is 10.3. The Morgan fingerprint density at radius 1 is 1.00 bits per heavy atom. The molecule has 0 radical (unpaired) electrons. The van der Waals surface area contributed by atoms with Crippen LogP contribution in [0.5, 0.6) is 0 Å². The summed E-state index contributed by atoms with van der Waals surface area (Å²) in [6.07, 6.45) is -4.71. The Kier molecular flexibility index (Phi) is 3.83. The first-order valence-corrected chi connectivity index (χ1v) is 5.81. The molecule has 0 aliphatic carbocycles. The molecule has 0 spiro atoms. The van der Waals surface area contributed by atoms with Gasteiger partial charge in [-0.2, -0.15) is 13.2 Å². The van der Waals surface area contributed by atoms with Gasteiger partial charge < -0.3 is 11.1 Å². The van der Waals surface area contributed by atoms with Crippen molar-refractivity contribution in [3.63, 3.8) is 0 Å². The minimum Gasteiger partial charge on any atom is -0.399 e. The molecule has 0 bridgehead atoms. The molecule has 0 fully saturated rings. The monoisotopic (exact) mass is 284 g/mol. The van der Waals surface area contributed by atoms with Crippen molar-refractivity contribution in [2.24, 2.45) is 0 Å². The average molecular weight is 284 g/mol. The van der Waals surface area contributed by atoms with Crippen molar-refractivity contribution in [2.75, 3.05) is 11.1 Å². The predicted molar refractivity (Wildman–Crippen MR) is 69.6 cm³/mol. The Balaban J connectivity index is 2.12. The number of hydrogen-bond donors (Lipinski definition) is 2. The summed E-state index contributed by atoms with van der Waals surface area (Å²) in [5.74, 6) is -1.28.